The largest absolute Gasteiger partial charge is 0.484 e. The first-order valence-electron chi connectivity index (χ1n) is 6.03. The van der Waals surface area contributed by atoms with Crippen LogP contribution in [0.3, 0.4) is 0 Å². The number of para-hydroxylation sites is 1. The van der Waals surface area contributed by atoms with Crippen molar-refractivity contribution < 1.29 is 14.7 Å². The summed E-state index contributed by atoms with van der Waals surface area (Å²) in [6.07, 6.45) is 1.29. The highest BCUT2D eigenvalue weighted by Crippen LogP contribution is 2.12. The zero-order valence-electron chi connectivity index (χ0n) is 10.7. The summed E-state index contributed by atoms with van der Waals surface area (Å²) in [5.74, 6) is 0.294. The number of anilines is 1. The summed E-state index contributed by atoms with van der Waals surface area (Å²) in [5, 5.41) is 14.1. The van der Waals surface area contributed by atoms with Crippen molar-refractivity contribution >= 4 is 17.8 Å². The van der Waals surface area contributed by atoms with E-state index in [0.29, 0.717) is 11.3 Å². The van der Waals surface area contributed by atoms with Crippen LogP contribution in [0.5, 0.6) is 5.75 Å². The van der Waals surface area contributed by atoms with Gasteiger partial charge in [-0.25, -0.2) is 0 Å². The Balaban J connectivity index is 1.88. The van der Waals surface area contributed by atoms with Crippen molar-refractivity contribution in [1.82, 2.24) is 0 Å². The highest BCUT2D eigenvalue weighted by molar-refractivity contribution is 5.91. The van der Waals surface area contributed by atoms with E-state index in [0.717, 1.165) is 5.69 Å². The molecule has 0 spiro atoms. The molecule has 2 rings (SSSR count). The van der Waals surface area contributed by atoms with Crippen molar-refractivity contribution in [2.24, 2.45) is 5.16 Å². The highest BCUT2D eigenvalue weighted by atomic mass is 16.5. The van der Waals surface area contributed by atoms with Crippen molar-refractivity contribution in [3.05, 3.63) is 60.2 Å². The second-order valence-corrected chi connectivity index (χ2v) is 4.02. The second kappa shape index (κ2) is 6.94. The standard InChI is InChI=1S/C15H14N2O3/c18-15(17-13-6-2-1-3-7-13)11-20-14-8-4-5-12(9-14)10-16-19/h1-10,19H,11H2,(H,17,18)/b16-10+. The van der Waals surface area contributed by atoms with Gasteiger partial charge in [-0.3, -0.25) is 4.79 Å². The Labute approximate surface area is 116 Å². The lowest BCUT2D eigenvalue weighted by Gasteiger charge is -2.07. The Morgan fingerprint density at radius 1 is 1.20 bits per heavy atom. The number of carbonyl (C=O) groups excluding carboxylic acids is 1. The fourth-order valence-electron chi connectivity index (χ4n) is 1.62. The van der Waals surface area contributed by atoms with Crippen molar-refractivity contribution in [3.8, 4) is 5.75 Å². The predicted octanol–water partition coefficient (Wildman–Crippen LogP) is 2.51. The molecule has 0 aliphatic carbocycles. The molecule has 2 aromatic carbocycles. The summed E-state index contributed by atoms with van der Waals surface area (Å²) in [7, 11) is 0. The molecule has 1 amide bonds. The minimum absolute atomic E-state index is 0.0887. The van der Waals surface area contributed by atoms with E-state index in [1.54, 1.807) is 36.4 Å². The third-order valence-electron chi connectivity index (χ3n) is 2.49. The zero-order valence-corrected chi connectivity index (χ0v) is 10.7. The number of oxime groups is 1. The summed E-state index contributed by atoms with van der Waals surface area (Å²) in [4.78, 5) is 11.7. The molecule has 5 heteroatoms. The lowest BCUT2D eigenvalue weighted by Crippen LogP contribution is -2.20. The van der Waals surface area contributed by atoms with Gasteiger partial charge in [-0.05, 0) is 29.8 Å². The van der Waals surface area contributed by atoms with Crippen LogP contribution in [0.4, 0.5) is 5.69 Å². The van der Waals surface area contributed by atoms with Gasteiger partial charge in [-0.2, -0.15) is 0 Å². The number of rotatable bonds is 5. The van der Waals surface area contributed by atoms with Gasteiger partial charge in [0.15, 0.2) is 6.61 Å². The Hall–Kier alpha value is -2.82. The number of hydrogen-bond acceptors (Lipinski definition) is 4. The first-order chi connectivity index (χ1) is 9.78. The van der Waals surface area contributed by atoms with E-state index in [-0.39, 0.29) is 12.5 Å². The SMILES string of the molecule is O=C(COc1cccc(/C=N/O)c1)Nc1ccccc1. The van der Waals surface area contributed by atoms with Gasteiger partial charge in [-0.15, -0.1) is 0 Å². The van der Waals surface area contributed by atoms with Gasteiger partial charge in [0, 0.05) is 5.69 Å². The molecule has 0 saturated heterocycles. The predicted molar refractivity (Wildman–Crippen MR) is 76.4 cm³/mol. The van der Waals surface area contributed by atoms with Gasteiger partial charge in [0.05, 0.1) is 6.21 Å². The molecule has 0 fully saturated rings. The first-order valence-corrected chi connectivity index (χ1v) is 6.03. The zero-order chi connectivity index (χ0) is 14.2. The maximum Gasteiger partial charge on any atom is 0.262 e. The average molecular weight is 270 g/mol. The van der Waals surface area contributed by atoms with Crippen molar-refractivity contribution in [1.29, 1.82) is 0 Å². The summed E-state index contributed by atoms with van der Waals surface area (Å²) in [5.41, 5.74) is 1.41. The molecule has 102 valence electrons. The van der Waals surface area contributed by atoms with Crippen LogP contribution >= 0.6 is 0 Å². The van der Waals surface area contributed by atoms with Crippen LogP contribution < -0.4 is 10.1 Å². The molecule has 0 bridgehead atoms. The van der Waals surface area contributed by atoms with Gasteiger partial charge >= 0.3 is 0 Å². The van der Waals surface area contributed by atoms with Crippen LogP contribution in [0.2, 0.25) is 0 Å². The van der Waals surface area contributed by atoms with Crippen LogP contribution in [-0.2, 0) is 4.79 Å². The Morgan fingerprint density at radius 3 is 2.75 bits per heavy atom. The molecule has 5 nitrogen and oxygen atoms in total. The Kier molecular flexibility index (Phi) is 4.72. The molecule has 0 unspecified atom stereocenters. The number of ether oxygens (including phenoxy) is 1. The highest BCUT2D eigenvalue weighted by Gasteiger charge is 2.03. The molecule has 0 aliphatic heterocycles. The van der Waals surface area contributed by atoms with Crippen molar-refractivity contribution in [3.63, 3.8) is 0 Å². The van der Waals surface area contributed by atoms with E-state index < -0.39 is 0 Å². The minimum Gasteiger partial charge on any atom is -0.484 e. The quantitative estimate of drug-likeness (QED) is 0.498. The second-order valence-electron chi connectivity index (χ2n) is 4.02. The maximum absolute atomic E-state index is 11.7. The lowest BCUT2D eigenvalue weighted by atomic mass is 10.2. The van der Waals surface area contributed by atoms with Gasteiger partial charge < -0.3 is 15.3 Å². The molecule has 2 N–H and O–H groups in total. The maximum atomic E-state index is 11.7. The summed E-state index contributed by atoms with van der Waals surface area (Å²) >= 11 is 0. The molecule has 0 atom stereocenters. The first kappa shape index (κ1) is 13.6. The van der Waals surface area contributed by atoms with E-state index in [9.17, 15) is 4.79 Å². The smallest absolute Gasteiger partial charge is 0.262 e. The van der Waals surface area contributed by atoms with Crippen LogP contribution in [0.1, 0.15) is 5.56 Å². The summed E-state index contributed by atoms with van der Waals surface area (Å²) in [6.45, 7) is -0.0887. The molecule has 0 saturated carbocycles. The van der Waals surface area contributed by atoms with E-state index >= 15 is 0 Å². The van der Waals surface area contributed by atoms with Crippen LogP contribution in [0.15, 0.2) is 59.8 Å². The number of amides is 1. The third-order valence-corrected chi connectivity index (χ3v) is 2.49. The van der Waals surface area contributed by atoms with E-state index in [4.69, 9.17) is 9.94 Å². The van der Waals surface area contributed by atoms with Gasteiger partial charge in [0.25, 0.3) is 5.91 Å². The minimum atomic E-state index is -0.238. The third kappa shape index (κ3) is 4.13. The molecule has 0 radical (unpaired) electrons. The molecular formula is C15H14N2O3. The molecule has 0 heterocycles. The lowest BCUT2D eigenvalue weighted by molar-refractivity contribution is -0.118. The summed E-state index contributed by atoms with van der Waals surface area (Å²) < 4.78 is 5.37. The molecular weight excluding hydrogens is 256 g/mol. The normalized spacial score (nSPS) is 10.4. The number of benzene rings is 2. The van der Waals surface area contributed by atoms with Gasteiger partial charge in [0.2, 0.25) is 0 Å². The van der Waals surface area contributed by atoms with Crippen LogP contribution in [0, 0.1) is 0 Å². The average Bonchev–Trinajstić information content (AvgIpc) is 2.47. The fraction of sp³-hybridized carbons (Fsp3) is 0.0667. The van der Waals surface area contributed by atoms with Crippen molar-refractivity contribution in [2.45, 2.75) is 0 Å². The summed E-state index contributed by atoms with van der Waals surface area (Å²) in [6, 6.07) is 16.1. The van der Waals surface area contributed by atoms with Crippen molar-refractivity contribution in [2.75, 3.05) is 11.9 Å². The Bertz CT molecular complexity index is 597. The number of hydrogen-bond donors (Lipinski definition) is 2. The van der Waals surface area contributed by atoms with Crippen LogP contribution in [-0.4, -0.2) is 23.9 Å². The van der Waals surface area contributed by atoms with Crippen LogP contribution in [0.25, 0.3) is 0 Å². The van der Waals surface area contributed by atoms with Gasteiger partial charge in [0.1, 0.15) is 5.75 Å². The molecule has 2 aromatic rings. The fourth-order valence-corrected chi connectivity index (χ4v) is 1.62. The van der Waals surface area contributed by atoms with E-state index in [1.165, 1.54) is 6.21 Å². The Morgan fingerprint density at radius 2 is 2.00 bits per heavy atom. The van der Waals surface area contributed by atoms with E-state index in [2.05, 4.69) is 10.5 Å². The van der Waals surface area contributed by atoms with E-state index in [1.807, 2.05) is 18.2 Å². The monoisotopic (exact) mass is 270 g/mol. The van der Waals surface area contributed by atoms with Gasteiger partial charge in [-0.1, -0.05) is 35.5 Å². The molecule has 0 aromatic heterocycles. The number of carbonyl (C=O) groups is 1. The number of nitrogens with one attached hydrogen (secondary N) is 1. The molecule has 0 aliphatic rings. The molecule has 20 heavy (non-hydrogen) atoms. The topological polar surface area (TPSA) is 70.9 Å². The number of nitrogens with zero attached hydrogens (tertiary/aromatic N) is 1.